The Hall–Kier alpha value is -1.16. The zero-order chi connectivity index (χ0) is 10.3. The van der Waals surface area contributed by atoms with Crippen LogP contribution in [0.5, 0.6) is 0 Å². The molecule has 0 aromatic carbocycles. The number of nitrogens with zero attached hydrogens (tertiary/aromatic N) is 2. The summed E-state index contributed by atoms with van der Waals surface area (Å²) >= 11 is 0. The average molecular weight is 207 g/mol. The van der Waals surface area contributed by atoms with Crippen molar-refractivity contribution in [2.45, 2.75) is 24.9 Å². The number of rotatable bonds is 1. The minimum atomic E-state index is -0.245. The second-order valence-corrected chi connectivity index (χ2v) is 4.31. The lowest BCUT2D eigenvalue weighted by Gasteiger charge is -2.36. The highest BCUT2D eigenvalue weighted by Crippen LogP contribution is 2.31. The Morgan fingerprint density at radius 2 is 2.00 bits per heavy atom. The van der Waals surface area contributed by atoms with Crippen molar-refractivity contribution in [3.63, 3.8) is 0 Å². The molecule has 2 atom stereocenters. The number of halogens is 1. The quantitative estimate of drug-likeness (QED) is 0.749. The minimum Gasteiger partial charge on any atom is -0.362 e. The smallest absolute Gasteiger partial charge is 0.143 e. The summed E-state index contributed by atoms with van der Waals surface area (Å²) in [6.45, 7) is 2.01. The van der Waals surface area contributed by atoms with Crippen LogP contribution in [0.4, 0.5) is 10.1 Å². The predicted octanol–water partition coefficient (Wildman–Crippen LogP) is 1.16. The van der Waals surface area contributed by atoms with E-state index in [9.17, 15) is 4.39 Å². The molecular formula is C11H14FN3. The van der Waals surface area contributed by atoms with Gasteiger partial charge in [-0.3, -0.25) is 4.98 Å². The van der Waals surface area contributed by atoms with Crippen LogP contribution < -0.4 is 10.2 Å². The van der Waals surface area contributed by atoms with Gasteiger partial charge in [0.15, 0.2) is 0 Å². The molecule has 2 fully saturated rings. The second-order valence-electron chi connectivity index (χ2n) is 4.31. The van der Waals surface area contributed by atoms with Gasteiger partial charge < -0.3 is 10.2 Å². The van der Waals surface area contributed by atoms with E-state index >= 15 is 0 Å². The molecule has 1 N–H and O–H groups in total. The number of hydrogen-bond acceptors (Lipinski definition) is 3. The maximum absolute atomic E-state index is 13.1. The van der Waals surface area contributed by atoms with Crippen molar-refractivity contribution in [1.29, 1.82) is 0 Å². The van der Waals surface area contributed by atoms with Crippen LogP contribution in [-0.2, 0) is 0 Å². The molecule has 15 heavy (non-hydrogen) atoms. The van der Waals surface area contributed by atoms with Gasteiger partial charge in [0.1, 0.15) is 5.82 Å². The number of nitrogens with one attached hydrogen (secondary N) is 1. The molecule has 2 aliphatic heterocycles. The molecule has 1 aromatic heterocycles. The van der Waals surface area contributed by atoms with E-state index < -0.39 is 0 Å². The first-order valence-corrected chi connectivity index (χ1v) is 5.44. The molecule has 0 unspecified atom stereocenters. The van der Waals surface area contributed by atoms with Crippen molar-refractivity contribution in [2.24, 2.45) is 0 Å². The Kier molecular flexibility index (Phi) is 2.09. The molecule has 0 radical (unpaired) electrons. The molecule has 80 valence electrons. The first kappa shape index (κ1) is 9.09. The van der Waals surface area contributed by atoms with E-state index in [0.29, 0.717) is 12.1 Å². The summed E-state index contributed by atoms with van der Waals surface area (Å²) in [5.41, 5.74) is 0.934. The molecule has 0 saturated carbocycles. The Morgan fingerprint density at radius 3 is 2.67 bits per heavy atom. The second kappa shape index (κ2) is 3.45. The summed E-state index contributed by atoms with van der Waals surface area (Å²) in [5, 5.41) is 3.41. The maximum Gasteiger partial charge on any atom is 0.143 e. The fourth-order valence-corrected chi connectivity index (χ4v) is 2.74. The van der Waals surface area contributed by atoms with Crippen LogP contribution in [0.15, 0.2) is 18.5 Å². The molecule has 3 rings (SSSR count). The Morgan fingerprint density at radius 1 is 1.27 bits per heavy atom. The number of piperazine rings is 1. The van der Waals surface area contributed by atoms with Crippen molar-refractivity contribution >= 4 is 5.69 Å². The van der Waals surface area contributed by atoms with Gasteiger partial charge in [0.2, 0.25) is 0 Å². The molecular weight excluding hydrogens is 193 g/mol. The Balaban J connectivity index is 1.93. The first-order chi connectivity index (χ1) is 7.34. The topological polar surface area (TPSA) is 28.2 Å². The molecule has 0 spiro atoms. The predicted molar refractivity (Wildman–Crippen MR) is 56.4 cm³/mol. The SMILES string of the molecule is Fc1cncc(N2[C@@H]3CC[C@H]2CNC3)c1. The first-order valence-electron chi connectivity index (χ1n) is 5.44. The van der Waals surface area contributed by atoms with Crippen molar-refractivity contribution < 1.29 is 4.39 Å². The van der Waals surface area contributed by atoms with Gasteiger partial charge in [-0.25, -0.2) is 4.39 Å². The Bertz CT molecular complexity index is 353. The summed E-state index contributed by atoms with van der Waals surface area (Å²) in [6, 6.07) is 2.63. The normalized spacial score (nSPS) is 29.5. The third kappa shape index (κ3) is 1.49. The van der Waals surface area contributed by atoms with E-state index in [1.807, 2.05) is 0 Å². The molecule has 2 aliphatic rings. The highest BCUT2D eigenvalue weighted by Gasteiger charge is 2.36. The van der Waals surface area contributed by atoms with Crippen molar-refractivity contribution in [1.82, 2.24) is 10.3 Å². The summed E-state index contributed by atoms with van der Waals surface area (Å²) < 4.78 is 13.1. The fraction of sp³-hybridized carbons (Fsp3) is 0.545. The van der Waals surface area contributed by atoms with Crippen LogP contribution in [0.25, 0.3) is 0 Å². The Labute approximate surface area is 88.3 Å². The zero-order valence-electron chi connectivity index (χ0n) is 8.49. The van der Waals surface area contributed by atoms with E-state index in [1.54, 1.807) is 12.3 Å². The number of pyridine rings is 1. The summed E-state index contributed by atoms with van der Waals surface area (Å²) in [6.07, 6.45) is 5.43. The van der Waals surface area contributed by atoms with Gasteiger partial charge in [-0.05, 0) is 12.8 Å². The molecule has 2 bridgehead atoms. The number of hydrogen-bond donors (Lipinski definition) is 1. The lowest BCUT2D eigenvalue weighted by atomic mass is 10.2. The van der Waals surface area contributed by atoms with Crippen molar-refractivity contribution in [2.75, 3.05) is 18.0 Å². The van der Waals surface area contributed by atoms with Gasteiger partial charge in [0.05, 0.1) is 18.1 Å². The molecule has 3 heterocycles. The highest BCUT2D eigenvalue weighted by atomic mass is 19.1. The van der Waals surface area contributed by atoms with Gasteiger partial charge in [-0.2, -0.15) is 0 Å². The number of anilines is 1. The summed E-state index contributed by atoms with van der Waals surface area (Å²) in [7, 11) is 0. The maximum atomic E-state index is 13.1. The molecule has 2 saturated heterocycles. The third-order valence-corrected chi connectivity index (χ3v) is 3.37. The molecule has 3 nitrogen and oxygen atoms in total. The van der Waals surface area contributed by atoms with Crippen molar-refractivity contribution in [3.05, 3.63) is 24.3 Å². The summed E-state index contributed by atoms with van der Waals surface area (Å²) in [5.74, 6) is -0.245. The molecule has 0 aliphatic carbocycles. The van der Waals surface area contributed by atoms with Crippen LogP contribution in [0.2, 0.25) is 0 Å². The van der Waals surface area contributed by atoms with Gasteiger partial charge in [-0.1, -0.05) is 0 Å². The van der Waals surface area contributed by atoms with Crippen LogP contribution in [0.3, 0.4) is 0 Å². The van der Waals surface area contributed by atoms with Crippen LogP contribution in [0.1, 0.15) is 12.8 Å². The van der Waals surface area contributed by atoms with Gasteiger partial charge in [0, 0.05) is 31.2 Å². The lowest BCUT2D eigenvalue weighted by Crippen LogP contribution is -2.52. The van der Waals surface area contributed by atoms with Gasteiger partial charge in [-0.15, -0.1) is 0 Å². The molecule has 1 aromatic rings. The van der Waals surface area contributed by atoms with Crippen molar-refractivity contribution in [3.8, 4) is 0 Å². The monoisotopic (exact) mass is 207 g/mol. The van der Waals surface area contributed by atoms with E-state index in [0.717, 1.165) is 18.8 Å². The number of fused-ring (bicyclic) bond motifs is 2. The zero-order valence-corrected chi connectivity index (χ0v) is 8.49. The standard InChI is InChI=1S/C11H14FN3/c12-8-3-11(7-13-4-8)15-9-1-2-10(15)6-14-5-9/h3-4,7,9-10,14H,1-2,5-6H2/t9-,10+. The van der Waals surface area contributed by atoms with Gasteiger partial charge >= 0.3 is 0 Å². The molecule has 0 amide bonds. The van der Waals surface area contributed by atoms with E-state index in [-0.39, 0.29) is 5.82 Å². The summed E-state index contributed by atoms with van der Waals surface area (Å²) in [4.78, 5) is 6.24. The van der Waals surface area contributed by atoms with E-state index in [4.69, 9.17) is 0 Å². The van der Waals surface area contributed by atoms with Crippen LogP contribution in [0, 0.1) is 5.82 Å². The highest BCUT2D eigenvalue weighted by molar-refractivity contribution is 5.48. The fourth-order valence-electron chi connectivity index (χ4n) is 2.74. The van der Waals surface area contributed by atoms with E-state index in [2.05, 4.69) is 15.2 Å². The van der Waals surface area contributed by atoms with Crippen LogP contribution >= 0.6 is 0 Å². The number of aromatic nitrogens is 1. The molecule has 4 heteroatoms. The minimum absolute atomic E-state index is 0.245. The van der Waals surface area contributed by atoms with Crippen LogP contribution in [-0.4, -0.2) is 30.2 Å². The van der Waals surface area contributed by atoms with Gasteiger partial charge in [0.25, 0.3) is 0 Å². The average Bonchev–Trinajstić information content (AvgIpc) is 2.49. The lowest BCUT2D eigenvalue weighted by molar-refractivity contribution is 0.483. The largest absolute Gasteiger partial charge is 0.362 e. The third-order valence-electron chi connectivity index (χ3n) is 3.37. The van der Waals surface area contributed by atoms with E-state index in [1.165, 1.54) is 19.0 Å².